The van der Waals surface area contributed by atoms with Gasteiger partial charge >= 0.3 is 6.09 Å². The minimum Gasteiger partial charge on any atom is -0.449 e. The van der Waals surface area contributed by atoms with Crippen LogP contribution in [0.4, 0.5) is 10.6 Å². The van der Waals surface area contributed by atoms with Crippen molar-refractivity contribution in [3.05, 3.63) is 35.3 Å². The summed E-state index contributed by atoms with van der Waals surface area (Å²) >= 11 is 1.52. The second kappa shape index (κ2) is 6.77. The van der Waals surface area contributed by atoms with Crippen LogP contribution in [0.5, 0.6) is 0 Å². The van der Waals surface area contributed by atoms with Gasteiger partial charge in [0.25, 0.3) is 0 Å². The predicted molar refractivity (Wildman–Crippen MR) is 100.0 cm³/mol. The molecule has 5 rings (SSSR count). The van der Waals surface area contributed by atoms with E-state index in [0.717, 1.165) is 49.3 Å². The molecule has 0 spiro atoms. The molecule has 132 valence electrons. The molecule has 1 amide bonds. The number of aromatic nitrogens is 1. The fourth-order valence-corrected chi connectivity index (χ4v) is 4.53. The van der Waals surface area contributed by atoms with E-state index in [0.29, 0.717) is 12.4 Å². The third-order valence-electron chi connectivity index (χ3n) is 5.45. The van der Waals surface area contributed by atoms with Crippen molar-refractivity contribution in [2.45, 2.75) is 26.2 Å². The van der Waals surface area contributed by atoms with Gasteiger partial charge in [-0.15, -0.1) is 11.3 Å². The van der Waals surface area contributed by atoms with Gasteiger partial charge in [0.2, 0.25) is 0 Å². The van der Waals surface area contributed by atoms with E-state index >= 15 is 0 Å². The van der Waals surface area contributed by atoms with Crippen molar-refractivity contribution in [1.29, 1.82) is 0 Å². The summed E-state index contributed by atoms with van der Waals surface area (Å²) < 4.78 is 5.58. The Hall–Kier alpha value is -1.92. The van der Waals surface area contributed by atoms with Crippen LogP contribution < -0.4 is 5.32 Å². The van der Waals surface area contributed by atoms with E-state index in [1.807, 2.05) is 12.1 Å². The maximum atomic E-state index is 12.3. The molecule has 0 aliphatic carbocycles. The number of amides is 1. The molecule has 3 fully saturated rings. The maximum Gasteiger partial charge on any atom is 0.412 e. The molecular weight excluding hydrogens is 334 g/mol. The van der Waals surface area contributed by atoms with Crippen LogP contribution in [-0.2, 0) is 4.74 Å². The Kier molecular flexibility index (Phi) is 4.48. The Balaban J connectivity index is 1.39. The van der Waals surface area contributed by atoms with Crippen LogP contribution in [-0.4, -0.2) is 42.2 Å². The maximum absolute atomic E-state index is 12.3. The lowest BCUT2D eigenvalue weighted by Crippen LogP contribution is -2.50. The zero-order chi connectivity index (χ0) is 17.3. The highest BCUT2D eigenvalue weighted by Crippen LogP contribution is 2.40. The molecule has 6 heteroatoms. The number of carbonyl (C=O) groups is 1. The molecule has 3 aliphatic rings. The van der Waals surface area contributed by atoms with Gasteiger partial charge in [-0.3, -0.25) is 5.32 Å². The SMILES string of the molecule is Cc1cccc(-c2scnc2NC(=O)OCC23CCN(CC2)CC3)c1. The Morgan fingerprint density at radius 2 is 2.08 bits per heavy atom. The first-order chi connectivity index (χ1) is 12.1. The van der Waals surface area contributed by atoms with Gasteiger partial charge in [0.1, 0.15) is 0 Å². The summed E-state index contributed by atoms with van der Waals surface area (Å²) in [6.45, 7) is 5.97. The lowest BCUT2D eigenvalue weighted by molar-refractivity contribution is -0.0190. The Bertz CT molecular complexity index is 752. The average molecular weight is 357 g/mol. The molecule has 0 saturated carbocycles. The molecule has 0 atom stereocenters. The van der Waals surface area contributed by atoms with E-state index in [-0.39, 0.29) is 5.41 Å². The summed E-state index contributed by atoms with van der Waals surface area (Å²) in [7, 11) is 0. The zero-order valence-electron chi connectivity index (χ0n) is 14.5. The fraction of sp³-hybridized carbons (Fsp3) is 0.474. The summed E-state index contributed by atoms with van der Waals surface area (Å²) in [4.78, 5) is 20.1. The molecule has 1 aromatic carbocycles. The summed E-state index contributed by atoms with van der Waals surface area (Å²) in [5.74, 6) is 0.580. The number of ether oxygens (including phenoxy) is 1. The van der Waals surface area contributed by atoms with Crippen molar-refractivity contribution < 1.29 is 9.53 Å². The number of benzene rings is 1. The molecule has 0 unspecified atom stereocenters. The van der Waals surface area contributed by atoms with E-state index in [4.69, 9.17) is 4.74 Å². The third kappa shape index (κ3) is 3.55. The second-order valence-electron chi connectivity index (χ2n) is 7.19. The van der Waals surface area contributed by atoms with E-state index < -0.39 is 6.09 Å². The first kappa shape index (κ1) is 16.5. The normalized spacial score (nSPS) is 24.9. The number of piperidine rings is 3. The van der Waals surface area contributed by atoms with Gasteiger partial charge in [-0.2, -0.15) is 0 Å². The van der Waals surface area contributed by atoms with Gasteiger partial charge in [0.05, 0.1) is 17.0 Å². The van der Waals surface area contributed by atoms with Gasteiger partial charge in [0, 0.05) is 5.41 Å². The van der Waals surface area contributed by atoms with Gasteiger partial charge in [-0.25, -0.2) is 9.78 Å². The van der Waals surface area contributed by atoms with Crippen LogP contribution in [0.1, 0.15) is 24.8 Å². The Labute approximate surface area is 152 Å². The highest BCUT2D eigenvalue weighted by molar-refractivity contribution is 7.13. The first-order valence-electron chi connectivity index (χ1n) is 8.80. The highest BCUT2D eigenvalue weighted by atomic mass is 32.1. The molecule has 1 aromatic heterocycles. The van der Waals surface area contributed by atoms with Crippen LogP contribution in [0.2, 0.25) is 0 Å². The smallest absolute Gasteiger partial charge is 0.412 e. The third-order valence-corrected chi connectivity index (χ3v) is 6.33. The molecule has 1 N–H and O–H groups in total. The number of carbonyl (C=O) groups excluding carboxylic acids is 1. The number of fused-ring (bicyclic) bond motifs is 3. The predicted octanol–water partition coefficient (Wildman–Crippen LogP) is 4.15. The molecule has 2 aromatic rings. The minimum absolute atomic E-state index is 0.188. The number of rotatable bonds is 4. The second-order valence-corrected chi connectivity index (χ2v) is 8.05. The lowest BCUT2D eigenvalue weighted by atomic mass is 9.73. The molecule has 5 nitrogen and oxygen atoms in total. The van der Waals surface area contributed by atoms with E-state index in [1.54, 1.807) is 5.51 Å². The summed E-state index contributed by atoms with van der Waals surface area (Å²) in [5.41, 5.74) is 4.19. The van der Waals surface area contributed by atoms with Gasteiger partial charge in [-0.05, 0) is 51.4 Å². The van der Waals surface area contributed by atoms with Crippen molar-refractivity contribution in [3.63, 3.8) is 0 Å². The van der Waals surface area contributed by atoms with E-state index in [9.17, 15) is 4.79 Å². The topological polar surface area (TPSA) is 54.5 Å². The molecule has 4 heterocycles. The van der Waals surface area contributed by atoms with Gasteiger partial charge in [0.15, 0.2) is 5.82 Å². The molecule has 3 aliphatic heterocycles. The van der Waals surface area contributed by atoms with Crippen molar-refractivity contribution in [2.75, 3.05) is 31.6 Å². The zero-order valence-corrected chi connectivity index (χ0v) is 15.3. The minimum atomic E-state index is -0.401. The molecule has 2 bridgehead atoms. The molecule has 0 radical (unpaired) electrons. The summed E-state index contributed by atoms with van der Waals surface area (Å²) in [5, 5.41) is 2.83. The average Bonchev–Trinajstić information content (AvgIpc) is 3.10. The summed E-state index contributed by atoms with van der Waals surface area (Å²) in [6.07, 6.45) is 2.99. The highest BCUT2D eigenvalue weighted by Gasteiger charge is 2.40. The van der Waals surface area contributed by atoms with Crippen LogP contribution in [0.3, 0.4) is 0 Å². The number of hydrogen-bond acceptors (Lipinski definition) is 5. The number of thiazole rings is 1. The van der Waals surface area contributed by atoms with Crippen molar-refractivity contribution in [1.82, 2.24) is 9.88 Å². The molecular formula is C19H23N3O2S. The molecule has 3 saturated heterocycles. The number of hydrogen-bond donors (Lipinski definition) is 1. The van der Waals surface area contributed by atoms with Gasteiger partial charge in [-0.1, -0.05) is 29.8 Å². The fourth-order valence-electron chi connectivity index (χ4n) is 3.79. The Morgan fingerprint density at radius 3 is 2.80 bits per heavy atom. The number of aryl methyl sites for hydroxylation is 1. The van der Waals surface area contributed by atoms with E-state index in [2.05, 4.69) is 34.3 Å². The van der Waals surface area contributed by atoms with E-state index in [1.165, 1.54) is 16.9 Å². The number of nitrogens with one attached hydrogen (secondary N) is 1. The first-order valence-corrected chi connectivity index (χ1v) is 9.68. The van der Waals surface area contributed by atoms with Crippen LogP contribution in [0.25, 0.3) is 10.4 Å². The number of anilines is 1. The van der Waals surface area contributed by atoms with Crippen LogP contribution >= 0.6 is 11.3 Å². The van der Waals surface area contributed by atoms with Crippen LogP contribution in [0, 0.1) is 12.3 Å². The lowest BCUT2D eigenvalue weighted by Gasteiger charge is -2.47. The molecule has 25 heavy (non-hydrogen) atoms. The Morgan fingerprint density at radius 1 is 1.32 bits per heavy atom. The van der Waals surface area contributed by atoms with Crippen molar-refractivity contribution in [2.24, 2.45) is 5.41 Å². The monoisotopic (exact) mass is 357 g/mol. The summed E-state index contributed by atoms with van der Waals surface area (Å²) in [6, 6.07) is 8.20. The van der Waals surface area contributed by atoms with Crippen molar-refractivity contribution in [3.8, 4) is 10.4 Å². The van der Waals surface area contributed by atoms with Gasteiger partial charge < -0.3 is 9.64 Å². The largest absolute Gasteiger partial charge is 0.449 e. The van der Waals surface area contributed by atoms with Crippen LogP contribution in [0.15, 0.2) is 29.8 Å². The number of nitrogens with zero attached hydrogens (tertiary/aromatic N) is 2. The standard InChI is InChI=1S/C19H23N3O2S/c1-14-3-2-4-15(11-14)16-17(20-13-25-16)21-18(23)24-12-19-5-8-22(9-6-19)10-7-19/h2-4,11,13H,5-10,12H2,1H3,(H,21,23). The quantitative estimate of drug-likeness (QED) is 0.893. The van der Waals surface area contributed by atoms with Crippen molar-refractivity contribution >= 4 is 23.2 Å².